The maximum atomic E-state index is 12.2. The van der Waals surface area contributed by atoms with Gasteiger partial charge in [0, 0.05) is 0 Å². The van der Waals surface area contributed by atoms with Crippen molar-refractivity contribution in [3.05, 3.63) is 29.3 Å². The molecule has 1 aromatic rings. The summed E-state index contributed by atoms with van der Waals surface area (Å²) < 4.78 is 10.4. The number of ether oxygens (including phenoxy) is 2. The van der Waals surface area contributed by atoms with Crippen molar-refractivity contribution in [2.75, 3.05) is 13.7 Å². The second-order valence-electron chi connectivity index (χ2n) is 6.35. The fourth-order valence-electron chi connectivity index (χ4n) is 3.18. The summed E-state index contributed by atoms with van der Waals surface area (Å²) in [7, 11) is 1.37. The van der Waals surface area contributed by atoms with E-state index in [4.69, 9.17) is 9.47 Å². The van der Waals surface area contributed by atoms with Crippen LogP contribution in [0.15, 0.2) is 18.2 Å². The third-order valence-electron chi connectivity index (χ3n) is 4.36. The van der Waals surface area contributed by atoms with Crippen LogP contribution in [0.4, 0.5) is 0 Å². The molecule has 0 saturated heterocycles. The van der Waals surface area contributed by atoms with Crippen molar-refractivity contribution < 1.29 is 19.1 Å². The first kappa shape index (κ1) is 17.3. The lowest BCUT2D eigenvalue weighted by Gasteiger charge is -2.29. The van der Waals surface area contributed by atoms with Crippen LogP contribution in [0.2, 0.25) is 0 Å². The normalized spacial score (nSPS) is 16.0. The van der Waals surface area contributed by atoms with Gasteiger partial charge < -0.3 is 14.8 Å². The van der Waals surface area contributed by atoms with Gasteiger partial charge in [-0.25, -0.2) is 0 Å². The molecule has 2 rings (SSSR count). The molecule has 1 amide bonds. The zero-order valence-corrected chi connectivity index (χ0v) is 14.1. The second-order valence-corrected chi connectivity index (χ2v) is 6.35. The molecule has 0 aromatic heterocycles. The fraction of sp³-hybridized carbons (Fsp3) is 0.556. The topological polar surface area (TPSA) is 64.6 Å². The molecule has 1 saturated carbocycles. The molecule has 0 spiro atoms. The van der Waals surface area contributed by atoms with Crippen LogP contribution >= 0.6 is 0 Å². The largest absolute Gasteiger partial charge is 0.484 e. The standard InChI is InChI=1S/C18H25NO4/c1-13-6-7-15(14(2)10-13)23-12-16(20)19-18(8-4-5-9-18)11-17(21)22-3/h6-7,10H,4-5,8-9,11-12H2,1-3H3,(H,19,20). The zero-order chi connectivity index (χ0) is 16.9. The molecule has 0 aliphatic heterocycles. The van der Waals surface area contributed by atoms with E-state index >= 15 is 0 Å². The number of benzene rings is 1. The summed E-state index contributed by atoms with van der Waals surface area (Å²) >= 11 is 0. The van der Waals surface area contributed by atoms with Crippen molar-refractivity contribution in [3.8, 4) is 5.75 Å². The van der Waals surface area contributed by atoms with Crippen molar-refractivity contribution in [3.63, 3.8) is 0 Å². The van der Waals surface area contributed by atoms with Gasteiger partial charge in [0.05, 0.1) is 19.1 Å². The summed E-state index contributed by atoms with van der Waals surface area (Å²) in [6, 6.07) is 5.84. The highest BCUT2D eigenvalue weighted by Gasteiger charge is 2.37. The van der Waals surface area contributed by atoms with Crippen molar-refractivity contribution in [1.82, 2.24) is 5.32 Å². The molecule has 23 heavy (non-hydrogen) atoms. The van der Waals surface area contributed by atoms with E-state index in [0.29, 0.717) is 5.75 Å². The van der Waals surface area contributed by atoms with Crippen molar-refractivity contribution in [1.29, 1.82) is 0 Å². The Balaban J connectivity index is 1.93. The minimum absolute atomic E-state index is 0.0488. The minimum Gasteiger partial charge on any atom is -0.484 e. The molecule has 0 bridgehead atoms. The van der Waals surface area contributed by atoms with Gasteiger partial charge in [-0.15, -0.1) is 0 Å². The molecular formula is C18H25NO4. The van der Waals surface area contributed by atoms with Gasteiger partial charge in [0.25, 0.3) is 5.91 Å². The van der Waals surface area contributed by atoms with Gasteiger partial charge in [0.2, 0.25) is 0 Å². The highest BCUT2D eigenvalue weighted by atomic mass is 16.5. The average molecular weight is 319 g/mol. The number of methoxy groups -OCH3 is 1. The van der Waals surface area contributed by atoms with Gasteiger partial charge in [-0.3, -0.25) is 9.59 Å². The quantitative estimate of drug-likeness (QED) is 0.819. The molecule has 126 valence electrons. The Morgan fingerprint density at radius 1 is 1.22 bits per heavy atom. The Morgan fingerprint density at radius 2 is 1.91 bits per heavy atom. The monoisotopic (exact) mass is 319 g/mol. The van der Waals surface area contributed by atoms with Gasteiger partial charge in [0.15, 0.2) is 6.61 Å². The lowest BCUT2D eigenvalue weighted by molar-refractivity contribution is -0.142. The van der Waals surface area contributed by atoms with E-state index in [9.17, 15) is 9.59 Å². The van der Waals surface area contributed by atoms with E-state index in [1.54, 1.807) is 0 Å². The smallest absolute Gasteiger partial charge is 0.307 e. The molecule has 1 fully saturated rings. The Bertz CT molecular complexity index is 576. The van der Waals surface area contributed by atoms with Crippen LogP contribution in [0.3, 0.4) is 0 Å². The van der Waals surface area contributed by atoms with Gasteiger partial charge in [-0.05, 0) is 38.3 Å². The highest BCUT2D eigenvalue weighted by Crippen LogP contribution is 2.33. The Hall–Kier alpha value is -2.04. The molecule has 0 heterocycles. The van der Waals surface area contributed by atoms with Crippen LogP contribution in [-0.2, 0) is 14.3 Å². The van der Waals surface area contributed by atoms with Crippen LogP contribution < -0.4 is 10.1 Å². The maximum absolute atomic E-state index is 12.2. The zero-order valence-electron chi connectivity index (χ0n) is 14.1. The SMILES string of the molecule is COC(=O)CC1(NC(=O)COc2ccc(C)cc2C)CCCC1. The van der Waals surface area contributed by atoms with E-state index in [1.807, 2.05) is 32.0 Å². The lowest BCUT2D eigenvalue weighted by atomic mass is 9.93. The molecule has 0 radical (unpaired) electrons. The second kappa shape index (κ2) is 7.49. The van der Waals surface area contributed by atoms with E-state index in [0.717, 1.165) is 36.8 Å². The number of aryl methyl sites for hydroxylation is 2. The summed E-state index contributed by atoms with van der Waals surface area (Å²) in [5, 5.41) is 2.99. The number of carbonyl (C=O) groups is 2. The minimum atomic E-state index is -0.476. The van der Waals surface area contributed by atoms with Gasteiger partial charge in [0.1, 0.15) is 5.75 Å². The first-order valence-electron chi connectivity index (χ1n) is 8.02. The van der Waals surface area contributed by atoms with Gasteiger partial charge >= 0.3 is 5.97 Å². The van der Waals surface area contributed by atoms with Crippen molar-refractivity contribution in [2.24, 2.45) is 0 Å². The Labute approximate surface area is 137 Å². The van der Waals surface area contributed by atoms with Crippen LogP contribution in [0.1, 0.15) is 43.2 Å². The predicted molar refractivity (Wildman–Crippen MR) is 87.4 cm³/mol. The van der Waals surface area contributed by atoms with Gasteiger partial charge in [-0.1, -0.05) is 30.5 Å². The maximum Gasteiger partial charge on any atom is 0.307 e. The molecule has 1 N–H and O–H groups in total. The van der Waals surface area contributed by atoms with E-state index in [-0.39, 0.29) is 24.9 Å². The number of esters is 1. The Morgan fingerprint density at radius 3 is 2.52 bits per heavy atom. The molecule has 1 aliphatic carbocycles. The molecule has 5 nitrogen and oxygen atoms in total. The Kier molecular flexibility index (Phi) is 5.64. The van der Waals surface area contributed by atoms with Crippen LogP contribution in [0.25, 0.3) is 0 Å². The van der Waals surface area contributed by atoms with Crippen LogP contribution in [-0.4, -0.2) is 31.1 Å². The predicted octanol–water partition coefficient (Wildman–Crippen LogP) is 2.67. The summed E-state index contributed by atoms with van der Waals surface area (Å²) in [5.74, 6) is 0.220. The molecule has 0 atom stereocenters. The number of carbonyl (C=O) groups excluding carboxylic acids is 2. The average Bonchev–Trinajstić information content (AvgIpc) is 2.94. The van der Waals surface area contributed by atoms with E-state index in [1.165, 1.54) is 7.11 Å². The number of nitrogens with one attached hydrogen (secondary N) is 1. The molecule has 5 heteroatoms. The number of rotatable bonds is 6. The molecular weight excluding hydrogens is 294 g/mol. The molecule has 0 unspecified atom stereocenters. The highest BCUT2D eigenvalue weighted by molar-refractivity contribution is 5.80. The van der Waals surface area contributed by atoms with Crippen molar-refractivity contribution in [2.45, 2.75) is 51.5 Å². The summed E-state index contributed by atoms with van der Waals surface area (Å²) in [6.45, 7) is 3.92. The summed E-state index contributed by atoms with van der Waals surface area (Å²) in [5.41, 5.74) is 1.68. The number of hydrogen-bond acceptors (Lipinski definition) is 4. The summed E-state index contributed by atoms with van der Waals surface area (Å²) in [4.78, 5) is 23.8. The lowest BCUT2D eigenvalue weighted by Crippen LogP contribution is -2.49. The van der Waals surface area contributed by atoms with E-state index < -0.39 is 5.54 Å². The molecule has 1 aromatic carbocycles. The third kappa shape index (κ3) is 4.71. The first-order chi connectivity index (χ1) is 10.9. The first-order valence-corrected chi connectivity index (χ1v) is 8.02. The van der Waals surface area contributed by atoms with Crippen molar-refractivity contribution >= 4 is 11.9 Å². The summed E-state index contributed by atoms with van der Waals surface area (Å²) in [6.07, 6.45) is 3.85. The molecule has 1 aliphatic rings. The van der Waals surface area contributed by atoms with Gasteiger partial charge in [-0.2, -0.15) is 0 Å². The van der Waals surface area contributed by atoms with Crippen LogP contribution in [0, 0.1) is 13.8 Å². The number of amides is 1. The third-order valence-corrected chi connectivity index (χ3v) is 4.36. The van der Waals surface area contributed by atoms with Crippen LogP contribution in [0.5, 0.6) is 5.75 Å². The fourth-order valence-corrected chi connectivity index (χ4v) is 3.18. The van der Waals surface area contributed by atoms with E-state index in [2.05, 4.69) is 5.32 Å². The number of hydrogen-bond donors (Lipinski definition) is 1.